The highest BCUT2D eigenvalue weighted by Crippen LogP contribution is 2.41. The summed E-state index contributed by atoms with van der Waals surface area (Å²) in [5.41, 5.74) is 0.500. The molecule has 1 saturated heterocycles. The number of amides is 1. The van der Waals surface area contributed by atoms with Crippen LogP contribution in [0.1, 0.15) is 23.5 Å². The van der Waals surface area contributed by atoms with Gasteiger partial charge in [0.25, 0.3) is 5.56 Å². The molecule has 160 valence electrons. The molecule has 0 saturated carbocycles. The highest BCUT2D eigenvalue weighted by molar-refractivity contribution is 5.98. The molecule has 0 bridgehead atoms. The van der Waals surface area contributed by atoms with Crippen LogP contribution in [0.5, 0.6) is 11.5 Å². The minimum Gasteiger partial charge on any atom is -0.490 e. The minimum atomic E-state index is -1.07. The summed E-state index contributed by atoms with van der Waals surface area (Å²) in [7, 11) is 0. The molecule has 3 aliphatic heterocycles. The van der Waals surface area contributed by atoms with E-state index < -0.39 is 17.7 Å². The van der Waals surface area contributed by atoms with Gasteiger partial charge in [-0.25, -0.2) is 0 Å². The van der Waals surface area contributed by atoms with Gasteiger partial charge >= 0.3 is 0 Å². The van der Waals surface area contributed by atoms with Gasteiger partial charge in [0.05, 0.1) is 38.1 Å². The second-order valence-electron chi connectivity index (χ2n) is 7.58. The lowest BCUT2D eigenvalue weighted by atomic mass is 9.79. The molecule has 2 atom stereocenters. The maximum Gasteiger partial charge on any atom is 0.258 e. The number of aromatic nitrogens is 2. The Balaban J connectivity index is 1.61. The Morgan fingerprint density at radius 1 is 1.10 bits per heavy atom. The van der Waals surface area contributed by atoms with Gasteiger partial charge in [-0.2, -0.15) is 10.2 Å². The lowest BCUT2D eigenvalue weighted by Gasteiger charge is -2.31. The van der Waals surface area contributed by atoms with Gasteiger partial charge in [-0.15, -0.1) is 0 Å². The molecule has 2 aromatic rings. The molecule has 5 rings (SSSR count). The fourth-order valence-electron chi connectivity index (χ4n) is 4.16. The number of carbonyl (C=O) groups excluding carboxylic acids is 1. The smallest absolute Gasteiger partial charge is 0.258 e. The molecule has 2 N–H and O–H groups in total. The summed E-state index contributed by atoms with van der Waals surface area (Å²) in [6.07, 6.45) is 0.757. The molecular formula is C21H21N5O5. The predicted molar refractivity (Wildman–Crippen MR) is 110 cm³/mol. The van der Waals surface area contributed by atoms with Crippen LogP contribution in [-0.2, 0) is 9.53 Å². The largest absolute Gasteiger partial charge is 0.490 e. The van der Waals surface area contributed by atoms with E-state index in [-0.39, 0.29) is 16.9 Å². The van der Waals surface area contributed by atoms with Gasteiger partial charge in [0.2, 0.25) is 11.9 Å². The molecule has 1 fully saturated rings. The molecule has 1 amide bonds. The SMILES string of the molecule is N#CC1C(=O)Nc2nc(N3CCOCC3)[nH]c(=O)c2C1c1ccc2c(c1)OCCCO2. The number of rotatable bonds is 2. The monoisotopic (exact) mass is 423 g/mol. The average molecular weight is 423 g/mol. The Hall–Kier alpha value is -3.58. The van der Waals surface area contributed by atoms with Crippen molar-refractivity contribution >= 4 is 17.7 Å². The summed E-state index contributed by atoms with van der Waals surface area (Å²) in [6, 6.07) is 7.31. The number of hydrogen-bond donors (Lipinski definition) is 2. The highest BCUT2D eigenvalue weighted by atomic mass is 16.5. The summed E-state index contributed by atoms with van der Waals surface area (Å²) >= 11 is 0. The van der Waals surface area contributed by atoms with E-state index in [0.29, 0.717) is 62.5 Å². The number of nitrogens with one attached hydrogen (secondary N) is 2. The van der Waals surface area contributed by atoms with Crippen molar-refractivity contribution in [2.45, 2.75) is 12.3 Å². The van der Waals surface area contributed by atoms with Gasteiger partial charge in [-0.3, -0.25) is 14.6 Å². The van der Waals surface area contributed by atoms with Crippen LogP contribution in [0, 0.1) is 17.2 Å². The van der Waals surface area contributed by atoms with Crippen molar-refractivity contribution in [3.63, 3.8) is 0 Å². The number of nitriles is 1. The second-order valence-corrected chi connectivity index (χ2v) is 7.58. The van der Waals surface area contributed by atoms with Crippen molar-refractivity contribution in [2.24, 2.45) is 5.92 Å². The number of aromatic amines is 1. The van der Waals surface area contributed by atoms with Crippen LogP contribution in [-0.4, -0.2) is 55.4 Å². The normalized spacial score (nSPS) is 22.7. The van der Waals surface area contributed by atoms with Gasteiger partial charge in [-0.05, 0) is 17.7 Å². The molecular weight excluding hydrogens is 402 g/mol. The van der Waals surface area contributed by atoms with Crippen LogP contribution in [0.3, 0.4) is 0 Å². The van der Waals surface area contributed by atoms with Crippen molar-refractivity contribution in [1.82, 2.24) is 9.97 Å². The van der Waals surface area contributed by atoms with E-state index in [9.17, 15) is 14.9 Å². The lowest BCUT2D eigenvalue weighted by Crippen LogP contribution is -2.41. The molecule has 10 nitrogen and oxygen atoms in total. The zero-order valence-corrected chi connectivity index (χ0v) is 16.7. The van der Waals surface area contributed by atoms with E-state index in [2.05, 4.69) is 15.3 Å². The summed E-state index contributed by atoms with van der Waals surface area (Å²) in [4.78, 5) is 35.1. The second kappa shape index (κ2) is 7.92. The molecule has 3 aliphatic rings. The number of fused-ring (bicyclic) bond motifs is 2. The number of benzene rings is 1. The zero-order chi connectivity index (χ0) is 21.4. The Morgan fingerprint density at radius 2 is 1.87 bits per heavy atom. The third-order valence-corrected chi connectivity index (χ3v) is 5.69. The van der Waals surface area contributed by atoms with E-state index in [1.807, 2.05) is 11.0 Å². The summed E-state index contributed by atoms with van der Waals surface area (Å²) in [5.74, 6) is -0.647. The van der Waals surface area contributed by atoms with E-state index in [0.717, 1.165) is 6.42 Å². The van der Waals surface area contributed by atoms with Crippen molar-refractivity contribution in [3.8, 4) is 17.6 Å². The minimum absolute atomic E-state index is 0.179. The molecule has 10 heteroatoms. The first-order valence-electron chi connectivity index (χ1n) is 10.2. The fourth-order valence-corrected chi connectivity index (χ4v) is 4.16. The van der Waals surface area contributed by atoms with E-state index >= 15 is 0 Å². The molecule has 4 heterocycles. The number of H-pyrrole nitrogens is 1. The molecule has 0 spiro atoms. The van der Waals surface area contributed by atoms with E-state index in [1.54, 1.807) is 18.2 Å². The van der Waals surface area contributed by atoms with E-state index in [4.69, 9.17) is 14.2 Å². The highest BCUT2D eigenvalue weighted by Gasteiger charge is 2.41. The standard InChI is InChI=1S/C21H21N5O5/c22-11-13-16(12-2-3-14-15(10-12)31-7-1-6-30-14)17-18(23-19(13)27)24-21(25-20(17)28)26-4-8-29-9-5-26/h2-3,10,13,16H,1,4-9H2,(H2,23,24,25,27,28). The third-order valence-electron chi connectivity index (χ3n) is 5.69. The predicted octanol–water partition coefficient (Wildman–Crippen LogP) is 0.992. The Kier molecular flexibility index (Phi) is 4.95. The molecule has 31 heavy (non-hydrogen) atoms. The van der Waals surface area contributed by atoms with Gasteiger partial charge in [0.1, 0.15) is 11.7 Å². The molecule has 1 aromatic carbocycles. The van der Waals surface area contributed by atoms with Crippen molar-refractivity contribution in [1.29, 1.82) is 5.26 Å². The molecule has 1 aromatic heterocycles. The third kappa shape index (κ3) is 3.47. The van der Waals surface area contributed by atoms with Crippen molar-refractivity contribution in [2.75, 3.05) is 49.7 Å². The van der Waals surface area contributed by atoms with Gasteiger partial charge in [0.15, 0.2) is 11.5 Å². The number of ether oxygens (including phenoxy) is 3. The number of anilines is 2. The van der Waals surface area contributed by atoms with Crippen molar-refractivity contribution in [3.05, 3.63) is 39.7 Å². The quantitative estimate of drug-likeness (QED) is 0.732. The summed E-state index contributed by atoms with van der Waals surface area (Å²) < 4.78 is 16.8. The van der Waals surface area contributed by atoms with Gasteiger partial charge in [0, 0.05) is 25.4 Å². The first kappa shape index (κ1) is 19.4. The average Bonchev–Trinajstić information content (AvgIpc) is 3.03. The molecule has 2 unspecified atom stereocenters. The number of morpholine rings is 1. The maximum absolute atomic E-state index is 13.2. The summed E-state index contributed by atoms with van der Waals surface area (Å²) in [5, 5.41) is 12.4. The van der Waals surface area contributed by atoms with Crippen LogP contribution in [0.25, 0.3) is 0 Å². The Morgan fingerprint density at radius 3 is 2.65 bits per heavy atom. The van der Waals surface area contributed by atoms with Crippen LogP contribution in [0.4, 0.5) is 11.8 Å². The lowest BCUT2D eigenvalue weighted by molar-refractivity contribution is -0.119. The first-order chi connectivity index (χ1) is 15.2. The maximum atomic E-state index is 13.2. The van der Waals surface area contributed by atoms with Gasteiger partial charge < -0.3 is 24.4 Å². The number of nitrogens with zero attached hydrogens (tertiary/aromatic N) is 3. The number of carbonyl (C=O) groups is 1. The number of hydrogen-bond acceptors (Lipinski definition) is 8. The first-order valence-corrected chi connectivity index (χ1v) is 10.2. The Bertz CT molecular complexity index is 1120. The van der Waals surface area contributed by atoms with Crippen LogP contribution in [0.2, 0.25) is 0 Å². The molecule has 0 aliphatic carbocycles. The van der Waals surface area contributed by atoms with Crippen molar-refractivity contribution < 1.29 is 19.0 Å². The molecule has 0 radical (unpaired) electrons. The topological polar surface area (TPSA) is 130 Å². The zero-order valence-electron chi connectivity index (χ0n) is 16.7. The summed E-state index contributed by atoms with van der Waals surface area (Å²) in [6.45, 7) is 3.29. The van der Waals surface area contributed by atoms with Crippen LogP contribution < -0.4 is 25.2 Å². The van der Waals surface area contributed by atoms with Crippen LogP contribution in [0.15, 0.2) is 23.0 Å². The Labute approximate surface area is 177 Å². The van der Waals surface area contributed by atoms with Crippen LogP contribution >= 0.6 is 0 Å². The van der Waals surface area contributed by atoms with E-state index in [1.165, 1.54) is 0 Å². The van der Waals surface area contributed by atoms with Gasteiger partial charge in [-0.1, -0.05) is 6.07 Å². The fraction of sp³-hybridized carbons (Fsp3) is 0.429.